The highest BCUT2D eigenvalue weighted by atomic mass is 32.2. The van der Waals surface area contributed by atoms with Crippen molar-refractivity contribution >= 4 is 35.0 Å². The van der Waals surface area contributed by atoms with Crippen LogP contribution in [0.5, 0.6) is 0 Å². The average Bonchev–Trinajstić information content (AvgIpc) is 3.25. The number of nitrogens with zero attached hydrogens (tertiary/aromatic N) is 2. The molecule has 0 unspecified atom stereocenters. The molecule has 4 rings (SSSR count). The van der Waals surface area contributed by atoms with Gasteiger partial charge in [-0.3, -0.25) is 9.59 Å². The molecule has 0 saturated carbocycles. The lowest BCUT2D eigenvalue weighted by Crippen LogP contribution is -2.36. The van der Waals surface area contributed by atoms with Crippen LogP contribution < -0.4 is 9.80 Å². The van der Waals surface area contributed by atoms with Gasteiger partial charge < -0.3 is 9.80 Å². The number of hydrogen-bond acceptors (Lipinski definition) is 3. The van der Waals surface area contributed by atoms with Crippen LogP contribution in [0.2, 0.25) is 0 Å². The number of thioether (sulfide) groups is 1. The molecule has 25 heavy (non-hydrogen) atoms. The number of hydrogen-bond donors (Lipinski definition) is 0. The zero-order chi connectivity index (χ0) is 17.4. The Bertz CT molecular complexity index is 836. The van der Waals surface area contributed by atoms with E-state index in [1.807, 2.05) is 53.6 Å². The van der Waals surface area contributed by atoms with Gasteiger partial charge in [-0.25, -0.2) is 0 Å². The van der Waals surface area contributed by atoms with Gasteiger partial charge in [0, 0.05) is 35.8 Å². The lowest BCUT2D eigenvalue weighted by atomic mass is 10.1. The van der Waals surface area contributed by atoms with Crippen LogP contribution in [0.25, 0.3) is 0 Å². The van der Waals surface area contributed by atoms with E-state index in [0.29, 0.717) is 19.5 Å². The van der Waals surface area contributed by atoms with Crippen LogP contribution in [0.3, 0.4) is 0 Å². The lowest BCUT2D eigenvalue weighted by Gasteiger charge is -2.22. The predicted molar refractivity (Wildman–Crippen MR) is 101 cm³/mol. The zero-order valence-corrected chi connectivity index (χ0v) is 15.0. The van der Waals surface area contributed by atoms with Gasteiger partial charge in [0.05, 0.1) is 5.92 Å². The number of anilines is 2. The molecule has 0 N–H and O–H groups in total. The van der Waals surface area contributed by atoms with E-state index in [0.717, 1.165) is 22.7 Å². The van der Waals surface area contributed by atoms with Crippen LogP contribution in [0, 0.1) is 5.92 Å². The molecule has 0 spiro atoms. The first kappa shape index (κ1) is 16.2. The van der Waals surface area contributed by atoms with Gasteiger partial charge >= 0.3 is 0 Å². The maximum absolute atomic E-state index is 13.0. The van der Waals surface area contributed by atoms with E-state index in [1.54, 1.807) is 16.7 Å². The maximum atomic E-state index is 13.0. The second-order valence-electron chi connectivity index (χ2n) is 6.48. The highest BCUT2D eigenvalue weighted by Crippen LogP contribution is 2.33. The van der Waals surface area contributed by atoms with Gasteiger partial charge in [-0.2, -0.15) is 0 Å². The zero-order valence-electron chi connectivity index (χ0n) is 14.1. The third kappa shape index (κ3) is 2.93. The highest BCUT2D eigenvalue weighted by molar-refractivity contribution is 7.98. The van der Waals surface area contributed by atoms with Crippen molar-refractivity contribution in [1.29, 1.82) is 0 Å². The molecule has 0 radical (unpaired) electrons. The molecule has 1 saturated heterocycles. The fourth-order valence-corrected chi connectivity index (χ4v) is 4.14. The van der Waals surface area contributed by atoms with E-state index in [2.05, 4.69) is 6.07 Å². The van der Waals surface area contributed by atoms with Gasteiger partial charge in [0.15, 0.2) is 0 Å². The van der Waals surface area contributed by atoms with Crippen LogP contribution in [-0.2, 0) is 16.0 Å². The summed E-state index contributed by atoms with van der Waals surface area (Å²) in [5, 5.41) is 0. The minimum atomic E-state index is -0.267. The van der Waals surface area contributed by atoms with Crippen LogP contribution in [0.1, 0.15) is 12.0 Å². The average molecular weight is 352 g/mol. The third-order valence-electron chi connectivity index (χ3n) is 4.99. The number of carbonyl (C=O) groups excluding carboxylic acids is 2. The minimum absolute atomic E-state index is 0.0316. The van der Waals surface area contributed by atoms with Crippen molar-refractivity contribution < 1.29 is 9.59 Å². The SMILES string of the molecule is CSc1cccc(N2C[C@@H](C(=O)N3CCc4ccccc43)CC2=O)c1. The van der Waals surface area contributed by atoms with Gasteiger partial charge in [0.2, 0.25) is 11.8 Å². The fourth-order valence-electron chi connectivity index (χ4n) is 3.69. The van der Waals surface area contributed by atoms with Gasteiger partial charge in [-0.15, -0.1) is 11.8 Å². The summed E-state index contributed by atoms with van der Waals surface area (Å²) in [6.45, 7) is 1.18. The molecule has 2 heterocycles. The molecule has 2 amide bonds. The monoisotopic (exact) mass is 352 g/mol. The molecule has 0 aliphatic carbocycles. The molecule has 2 aliphatic rings. The molecule has 2 aromatic carbocycles. The molecule has 4 nitrogen and oxygen atoms in total. The van der Waals surface area contributed by atoms with Crippen molar-refractivity contribution in [1.82, 2.24) is 0 Å². The first-order chi connectivity index (χ1) is 12.2. The van der Waals surface area contributed by atoms with Crippen LogP contribution in [0.15, 0.2) is 53.4 Å². The standard InChI is InChI=1S/C20H20N2O2S/c1-25-17-7-4-6-16(12-17)22-13-15(11-19(22)23)20(24)21-10-9-14-5-2-3-8-18(14)21/h2-8,12,15H,9-11,13H2,1H3/t15-/m0/s1. The topological polar surface area (TPSA) is 40.6 Å². The lowest BCUT2D eigenvalue weighted by molar-refractivity contribution is -0.124. The number of benzene rings is 2. The molecule has 2 aromatic rings. The van der Waals surface area contributed by atoms with Crippen molar-refractivity contribution in [3.05, 3.63) is 54.1 Å². The Balaban J connectivity index is 1.53. The quantitative estimate of drug-likeness (QED) is 0.796. The van der Waals surface area contributed by atoms with Gasteiger partial charge in [0.1, 0.15) is 0 Å². The summed E-state index contributed by atoms with van der Waals surface area (Å²) in [5.41, 5.74) is 3.10. The molecule has 0 aromatic heterocycles. The molecule has 2 aliphatic heterocycles. The van der Waals surface area contributed by atoms with Gasteiger partial charge in [0.25, 0.3) is 0 Å². The van der Waals surface area contributed by atoms with Gasteiger partial charge in [-0.05, 0) is 42.5 Å². The van der Waals surface area contributed by atoms with Crippen molar-refractivity contribution in [2.75, 3.05) is 29.1 Å². The summed E-state index contributed by atoms with van der Waals surface area (Å²) in [6.07, 6.45) is 3.20. The highest BCUT2D eigenvalue weighted by Gasteiger charge is 2.39. The van der Waals surface area contributed by atoms with E-state index in [-0.39, 0.29) is 17.7 Å². The van der Waals surface area contributed by atoms with Crippen LogP contribution in [0.4, 0.5) is 11.4 Å². The summed E-state index contributed by atoms with van der Waals surface area (Å²) in [4.78, 5) is 30.2. The Morgan fingerprint density at radius 3 is 2.84 bits per heavy atom. The van der Waals surface area contributed by atoms with Crippen LogP contribution in [-0.4, -0.2) is 31.2 Å². The smallest absolute Gasteiger partial charge is 0.232 e. The summed E-state index contributed by atoms with van der Waals surface area (Å²) in [7, 11) is 0. The van der Waals surface area contributed by atoms with E-state index in [9.17, 15) is 9.59 Å². The first-order valence-corrected chi connectivity index (χ1v) is 9.73. The van der Waals surface area contributed by atoms with E-state index in [4.69, 9.17) is 0 Å². The Morgan fingerprint density at radius 2 is 2.00 bits per heavy atom. The molecular formula is C20H20N2O2S. The predicted octanol–water partition coefficient (Wildman–Crippen LogP) is 3.35. The second-order valence-corrected chi connectivity index (χ2v) is 7.36. The number of carbonyl (C=O) groups is 2. The van der Waals surface area contributed by atoms with Crippen molar-refractivity contribution in [2.45, 2.75) is 17.7 Å². The summed E-state index contributed by atoms with van der Waals surface area (Å²) in [5.74, 6) is -0.164. The van der Waals surface area contributed by atoms with E-state index >= 15 is 0 Å². The molecular weight excluding hydrogens is 332 g/mol. The third-order valence-corrected chi connectivity index (χ3v) is 5.72. The largest absolute Gasteiger partial charge is 0.312 e. The number of amides is 2. The Kier molecular flexibility index (Phi) is 4.25. The number of rotatable bonds is 3. The van der Waals surface area contributed by atoms with Crippen molar-refractivity contribution in [2.24, 2.45) is 5.92 Å². The Labute approximate surface area is 151 Å². The summed E-state index contributed by atoms with van der Waals surface area (Å²) >= 11 is 1.65. The maximum Gasteiger partial charge on any atom is 0.232 e. The number of para-hydroxylation sites is 1. The minimum Gasteiger partial charge on any atom is -0.312 e. The number of fused-ring (bicyclic) bond motifs is 1. The molecule has 1 fully saturated rings. The molecule has 0 bridgehead atoms. The normalized spacial score (nSPS) is 19.4. The Hall–Kier alpha value is -2.27. The molecule has 5 heteroatoms. The second kappa shape index (κ2) is 6.56. The summed E-state index contributed by atoms with van der Waals surface area (Å²) in [6, 6.07) is 16.0. The molecule has 128 valence electrons. The van der Waals surface area contributed by atoms with Crippen molar-refractivity contribution in [3.8, 4) is 0 Å². The van der Waals surface area contributed by atoms with E-state index < -0.39 is 0 Å². The fraction of sp³-hybridized carbons (Fsp3) is 0.300. The summed E-state index contributed by atoms with van der Waals surface area (Å²) < 4.78 is 0. The molecule has 1 atom stereocenters. The Morgan fingerprint density at radius 1 is 1.16 bits per heavy atom. The van der Waals surface area contributed by atoms with Gasteiger partial charge in [-0.1, -0.05) is 24.3 Å². The van der Waals surface area contributed by atoms with E-state index in [1.165, 1.54) is 5.56 Å². The van der Waals surface area contributed by atoms with Crippen molar-refractivity contribution in [3.63, 3.8) is 0 Å². The van der Waals surface area contributed by atoms with Crippen LogP contribution >= 0.6 is 11.8 Å². The first-order valence-electron chi connectivity index (χ1n) is 8.51.